The lowest BCUT2D eigenvalue weighted by Gasteiger charge is -2.33. The van der Waals surface area contributed by atoms with Gasteiger partial charge in [0.15, 0.2) is 0 Å². The van der Waals surface area contributed by atoms with Gasteiger partial charge in [-0.15, -0.1) is 11.3 Å². The minimum Gasteiger partial charge on any atom is -0.333 e. The second-order valence-corrected chi connectivity index (χ2v) is 11.6. The summed E-state index contributed by atoms with van der Waals surface area (Å²) in [5.41, 5.74) is 2.34. The van der Waals surface area contributed by atoms with Crippen LogP contribution in [0.15, 0.2) is 59.1 Å². The maximum absolute atomic E-state index is 13.2. The molecule has 34 heavy (non-hydrogen) atoms. The third-order valence-corrected chi connectivity index (χ3v) is 9.29. The van der Waals surface area contributed by atoms with E-state index in [0.717, 1.165) is 27.0 Å². The number of pyridine rings is 1. The van der Waals surface area contributed by atoms with Gasteiger partial charge in [-0.1, -0.05) is 23.7 Å². The quantitative estimate of drug-likeness (QED) is 0.411. The van der Waals surface area contributed by atoms with Crippen LogP contribution in [-0.4, -0.2) is 64.7 Å². The lowest BCUT2D eigenvalue weighted by atomic mass is 10.2. The van der Waals surface area contributed by atoms with E-state index in [-0.39, 0.29) is 42.1 Å². The van der Waals surface area contributed by atoms with E-state index in [0.29, 0.717) is 5.02 Å². The number of fused-ring (bicyclic) bond motifs is 1. The number of rotatable bonds is 4. The fourth-order valence-electron chi connectivity index (χ4n) is 3.78. The molecule has 0 bridgehead atoms. The van der Waals surface area contributed by atoms with E-state index >= 15 is 0 Å². The average Bonchev–Trinajstić information content (AvgIpc) is 3.28. The molecule has 0 unspecified atom stereocenters. The van der Waals surface area contributed by atoms with Crippen molar-refractivity contribution >= 4 is 49.0 Å². The summed E-state index contributed by atoms with van der Waals surface area (Å²) in [5, 5.41) is 1.40. The molecule has 3 aromatic heterocycles. The molecule has 1 fully saturated rings. The first-order chi connectivity index (χ1) is 16.3. The van der Waals surface area contributed by atoms with Gasteiger partial charge in [0.05, 0.1) is 5.69 Å². The molecule has 1 aromatic carbocycles. The number of aromatic nitrogens is 3. The van der Waals surface area contributed by atoms with Crippen molar-refractivity contribution in [2.45, 2.75) is 11.1 Å². The van der Waals surface area contributed by atoms with Crippen molar-refractivity contribution in [3.8, 4) is 11.3 Å². The number of halogens is 1. The fourth-order valence-corrected chi connectivity index (χ4v) is 7.03. The van der Waals surface area contributed by atoms with Crippen LogP contribution in [0.3, 0.4) is 0 Å². The number of thiophene rings is 1. The van der Waals surface area contributed by atoms with Gasteiger partial charge in [0, 0.05) is 59.6 Å². The van der Waals surface area contributed by atoms with Crippen molar-refractivity contribution < 1.29 is 13.2 Å². The van der Waals surface area contributed by atoms with Crippen LogP contribution in [0.2, 0.25) is 5.02 Å². The van der Waals surface area contributed by atoms with Crippen molar-refractivity contribution in [2.24, 2.45) is 0 Å². The largest absolute Gasteiger partial charge is 0.333 e. The highest BCUT2D eigenvalue weighted by Gasteiger charge is 2.32. The van der Waals surface area contributed by atoms with Crippen LogP contribution >= 0.6 is 22.9 Å². The first-order valence-electron chi connectivity index (χ1n) is 10.6. The van der Waals surface area contributed by atoms with Gasteiger partial charge in [0.2, 0.25) is 5.82 Å². The van der Waals surface area contributed by atoms with Gasteiger partial charge in [-0.25, -0.2) is 18.4 Å². The molecule has 174 valence electrons. The Morgan fingerprint density at radius 2 is 1.76 bits per heavy atom. The fraction of sp³-hybridized carbons (Fsp3) is 0.217. The van der Waals surface area contributed by atoms with Crippen LogP contribution in [0.4, 0.5) is 0 Å². The molecule has 0 saturated carbocycles. The van der Waals surface area contributed by atoms with Gasteiger partial charge in [0.25, 0.3) is 15.9 Å². The molecular formula is C23H20ClN5O3S2. The van der Waals surface area contributed by atoms with E-state index in [9.17, 15) is 13.2 Å². The minimum absolute atomic E-state index is 0.0779. The molecule has 0 aliphatic carbocycles. The zero-order valence-electron chi connectivity index (χ0n) is 18.2. The molecule has 4 aromatic rings. The molecule has 1 aliphatic rings. The Hall–Kier alpha value is -2.92. The smallest absolute Gasteiger partial charge is 0.291 e. The molecule has 0 atom stereocenters. The first-order valence-corrected chi connectivity index (χ1v) is 13.2. The summed E-state index contributed by atoms with van der Waals surface area (Å²) in [6.45, 7) is 2.83. The normalized spacial score (nSPS) is 15.1. The highest BCUT2D eigenvalue weighted by Crippen LogP contribution is 2.33. The summed E-state index contributed by atoms with van der Waals surface area (Å²) in [6, 6.07) is 12.6. The topological polar surface area (TPSA) is 96.4 Å². The summed E-state index contributed by atoms with van der Waals surface area (Å²) >= 11 is 7.23. The molecule has 11 heteroatoms. The third kappa shape index (κ3) is 4.41. The molecule has 1 aliphatic heterocycles. The molecule has 5 rings (SSSR count). The summed E-state index contributed by atoms with van der Waals surface area (Å²) in [4.78, 5) is 27.3. The standard InChI is InChI=1S/C23H20ClN5O3S2/c1-15-3-2-4-19(27-15)17-13-25-22(26-14-17)23(30)28-7-9-29(10-8-28)34(31,32)21-11-16-5-6-18(24)12-20(16)33-21/h2-6,11-14H,7-10H2,1H3. The number of aryl methyl sites for hydroxylation is 1. The van der Waals surface area contributed by atoms with Crippen molar-refractivity contribution in [1.82, 2.24) is 24.2 Å². The van der Waals surface area contributed by atoms with Gasteiger partial charge < -0.3 is 4.90 Å². The number of amides is 1. The zero-order chi connectivity index (χ0) is 23.9. The van der Waals surface area contributed by atoms with Gasteiger partial charge >= 0.3 is 0 Å². The SMILES string of the molecule is Cc1cccc(-c2cnc(C(=O)N3CCN(S(=O)(=O)c4cc5ccc(Cl)cc5s4)CC3)nc2)n1. The molecule has 0 N–H and O–H groups in total. The second-order valence-electron chi connectivity index (χ2n) is 7.90. The molecule has 8 nitrogen and oxygen atoms in total. The van der Waals surface area contributed by atoms with Crippen molar-refractivity contribution in [3.05, 3.63) is 71.4 Å². The lowest BCUT2D eigenvalue weighted by molar-refractivity contribution is 0.0685. The molecular weight excluding hydrogens is 494 g/mol. The summed E-state index contributed by atoms with van der Waals surface area (Å²) < 4.78 is 28.8. The number of hydrogen-bond acceptors (Lipinski definition) is 7. The molecule has 4 heterocycles. The number of hydrogen-bond donors (Lipinski definition) is 0. The van der Waals surface area contributed by atoms with E-state index in [1.54, 1.807) is 35.5 Å². The van der Waals surface area contributed by atoms with E-state index < -0.39 is 10.0 Å². The zero-order valence-corrected chi connectivity index (χ0v) is 20.6. The second kappa shape index (κ2) is 9.03. The maximum Gasteiger partial charge on any atom is 0.291 e. The predicted octanol–water partition coefficient (Wildman–Crippen LogP) is 3.86. The highest BCUT2D eigenvalue weighted by atomic mass is 35.5. The first kappa shape index (κ1) is 22.9. The Bertz CT molecular complexity index is 1480. The average molecular weight is 514 g/mol. The van der Waals surface area contributed by atoms with E-state index in [2.05, 4.69) is 15.0 Å². The summed E-state index contributed by atoms with van der Waals surface area (Å²) in [6.07, 6.45) is 3.16. The lowest BCUT2D eigenvalue weighted by Crippen LogP contribution is -2.50. The summed E-state index contributed by atoms with van der Waals surface area (Å²) in [5.74, 6) is -0.244. The molecule has 0 radical (unpaired) electrons. The Morgan fingerprint density at radius 3 is 2.47 bits per heavy atom. The van der Waals surface area contributed by atoms with Gasteiger partial charge in [0.1, 0.15) is 4.21 Å². The van der Waals surface area contributed by atoms with Crippen LogP contribution in [0.5, 0.6) is 0 Å². The van der Waals surface area contributed by atoms with E-state index in [4.69, 9.17) is 11.6 Å². The Balaban J connectivity index is 1.26. The molecule has 1 saturated heterocycles. The van der Waals surface area contributed by atoms with Gasteiger partial charge in [-0.3, -0.25) is 9.78 Å². The number of sulfonamides is 1. The summed E-state index contributed by atoms with van der Waals surface area (Å²) in [7, 11) is -3.66. The van der Waals surface area contributed by atoms with E-state index in [1.807, 2.05) is 31.2 Å². The van der Waals surface area contributed by atoms with Crippen molar-refractivity contribution in [1.29, 1.82) is 0 Å². The number of carbonyl (C=O) groups is 1. The Kier molecular flexibility index (Phi) is 6.07. The predicted molar refractivity (Wildman–Crippen MR) is 131 cm³/mol. The minimum atomic E-state index is -3.66. The number of nitrogens with zero attached hydrogens (tertiary/aromatic N) is 5. The highest BCUT2D eigenvalue weighted by molar-refractivity contribution is 7.91. The van der Waals surface area contributed by atoms with Crippen LogP contribution in [-0.2, 0) is 10.0 Å². The van der Waals surface area contributed by atoms with Crippen LogP contribution in [0, 0.1) is 6.92 Å². The molecule has 1 amide bonds. The maximum atomic E-state index is 13.2. The van der Waals surface area contributed by atoms with Gasteiger partial charge in [-0.2, -0.15) is 4.31 Å². The number of piperazine rings is 1. The number of carbonyl (C=O) groups excluding carboxylic acids is 1. The molecule has 0 spiro atoms. The monoisotopic (exact) mass is 513 g/mol. The Labute approximate surface area is 205 Å². The third-order valence-electron chi connectivity index (χ3n) is 5.61. The number of benzene rings is 1. The van der Waals surface area contributed by atoms with Crippen molar-refractivity contribution in [2.75, 3.05) is 26.2 Å². The van der Waals surface area contributed by atoms with Gasteiger partial charge in [-0.05, 0) is 42.6 Å². The Morgan fingerprint density at radius 1 is 1.03 bits per heavy atom. The van der Waals surface area contributed by atoms with Crippen LogP contribution < -0.4 is 0 Å². The van der Waals surface area contributed by atoms with E-state index in [1.165, 1.54) is 15.6 Å². The van der Waals surface area contributed by atoms with Crippen LogP contribution in [0.25, 0.3) is 21.3 Å². The van der Waals surface area contributed by atoms with Crippen LogP contribution in [0.1, 0.15) is 16.3 Å². The van der Waals surface area contributed by atoms with Crippen molar-refractivity contribution in [3.63, 3.8) is 0 Å².